The van der Waals surface area contributed by atoms with Crippen LogP contribution in [0.25, 0.3) is 0 Å². The average molecular weight is 1110 g/mol. The highest BCUT2D eigenvalue weighted by molar-refractivity contribution is 5.80. The van der Waals surface area contributed by atoms with Crippen LogP contribution in [0.5, 0.6) is 0 Å². The summed E-state index contributed by atoms with van der Waals surface area (Å²) in [6.45, 7) is 5.64. The summed E-state index contributed by atoms with van der Waals surface area (Å²) in [5, 5.41) is 57.0. The number of aliphatic hydroxyl groups is 5. The lowest BCUT2D eigenvalue weighted by atomic mass is 9.99. The molecule has 1 fully saturated rings. The Balaban J connectivity index is 2.59. The quantitative estimate of drug-likeness (QED) is 0.0149. The van der Waals surface area contributed by atoms with Crippen LogP contribution in [0, 0.1) is 0 Å². The van der Waals surface area contributed by atoms with Gasteiger partial charge in [0.25, 0.3) is 0 Å². The first-order valence-electron chi connectivity index (χ1n) is 32.8. The van der Waals surface area contributed by atoms with Crippen molar-refractivity contribution in [1.29, 1.82) is 0 Å². The van der Waals surface area contributed by atoms with E-state index in [1.165, 1.54) is 161 Å². The highest BCUT2D eigenvalue weighted by Gasteiger charge is 2.47. The third-order valence-electron chi connectivity index (χ3n) is 15.2. The van der Waals surface area contributed by atoms with Crippen LogP contribution in [0.3, 0.4) is 0 Å². The van der Waals surface area contributed by atoms with Gasteiger partial charge >= 0.3 is 5.97 Å². The highest BCUT2D eigenvalue weighted by Crippen LogP contribution is 2.26. The molecule has 79 heavy (non-hydrogen) atoms. The van der Waals surface area contributed by atoms with E-state index in [1.54, 1.807) is 6.08 Å². The van der Waals surface area contributed by atoms with Crippen LogP contribution in [-0.2, 0) is 23.8 Å². The van der Waals surface area contributed by atoms with E-state index in [0.29, 0.717) is 12.8 Å². The summed E-state index contributed by atoms with van der Waals surface area (Å²) < 4.78 is 17.6. The Hall–Kier alpha value is -2.90. The van der Waals surface area contributed by atoms with E-state index >= 15 is 0 Å². The zero-order valence-corrected chi connectivity index (χ0v) is 50.7. The van der Waals surface area contributed by atoms with E-state index in [1.807, 2.05) is 36.5 Å². The summed E-state index contributed by atoms with van der Waals surface area (Å²) in [7, 11) is 0. The Labute approximate surface area is 483 Å². The third kappa shape index (κ3) is 43.5. The largest absolute Gasteiger partial charge is 0.454 e. The molecule has 1 aliphatic heterocycles. The van der Waals surface area contributed by atoms with Crippen molar-refractivity contribution in [2.24, 2.45) is 0 Å². The minimum absolute atomic E-state index is 0.0958. The second-order valence-corrected chi connectivity index (χ2v) is 22.6. The van der Waals surface area contributed by atoms with E-state index in [9.17, 15) is 35.1 Å². The van der Waals surface area contributed by atoms with Crippen molar-refractivity contribution < 1.29 is 49.3 Å². The summed E-state index contributed by atoms with van der Waals surface area (Å²) in [5.74, 6) is -1.22. The number of carbonyl (C=O) groups is 2. The summed E-state index contributed by atoms with van der Waals surface area (Å²) in [5.41, 5.74) is 0. The van der Waals surface area contributed by atoms with Gasteiger partial charge in [-0.25, -0.2) is 0 Å². The van der Waals surface area contributed by atoms with Crippen LogP contribution in [0.15, 0.2) is 72.9 Å². The third-order valence-corrected chi connectivity index (χ3v) is 15.2. The molecule has 0 aromatic carbocycles. The van der Waals surface area contributed by atoms with E-state index in [0.717, 1.165) is 77.0 Å². The van der Waals surface area contributed by atoms with Crippen LogP contribution < -0.4 is 5.32 Å². The van der Waals surface area contributed by atoms with E-state index in [4.69, 9.17) is 14.2 Å². The van der Waals surface area contributed by atoms with E-state index < -0.39 is 67.4 Å². The fourth-order valence-electron chi connectivity index (χ4n) is 10.0. The summed E-state index contributed by atoms with van der Waals surface area (Å²) >= 11 is 0. The molecule has 458 valence electrons. The van der Waals surface area contributed by atoms with Gasteiger partial charge in [-0.05, 0) is 70.6 Å². The van der Waals surface area contributed by atoms with Crippen molar-refractivity contribution in [3.05, 3.63) is 72.9 Å². The summed E-state index contributed by atoms with van der Waals surface area (Å²) in [6, 6.07) is -1.03. The molecule has 0 aliphatic carbocycles. The number of carbonyl (C=O) groups excluding carboxylic acids is 2. The molecule has 0 aromatic rings. The van der Waals surface area contributed by atoms with Crippen molar-refractivity contribution in [3.8, 4) is 0 Å². The predicted octanol–water partition coefficient (Wildman–Crippen LogP) is 16.0. The molecule has 0 aromatic heterocycles. The van der Waals surface area contributed by atoms with Crippen molar-refractivity contribution in [2.45, 2.75) is 333 Å². The lowest BCUT2D eigenvalue weighted by Gasteiger charge is -2.41. The molecule has 1 rings (SSSR count). The van der Waals surface area contributed by atoms with Gasteiger partial charge < -0.3 is 45.1 Å². The van der Waals surface area contributed by atoms with Crippen LogP contribution >= 0.6 is 0 Å². The van der Waals surface area contributed by atoms with Crippen LogP contribution in [-0.4, -0.2) is 99.6 Å². The number of rotatable bonds is 55. The smallest absolute Gasteiger partial charge is 0.306 e. The highest BCUT2D eigenvalue weighted by atomic mass is 16.7. The fourth-order valence-corrected chi connectivity index (χ4v) is 10.0. The lowest BCUT2D eigenvalue weighted by Crippen LogP contribution is -2.61. The Morgan fingerprint density at radius 2 is 0.924 bits per heavy atom. The Morgan fingerprint density at radius 1 is 0.506 bits per heavy atom. The normalized spacial score (nSPS) is 19.3. The number of hydrogen-bond donors (Lipinski definition) is 6. The van der Waals surface area contributed by atoms with Crippen molar-refractivity contribution in [2.75, 3.05) is 13.2 Å². The molecule has 6 N–H and O–H groups in total. The van der Waals surface area contributed by atoms with Crippen molar-refractivity contribution in [3.63, 3.8) is 0 Å². The Morgan fingerprint density at radius 3 is 1.41 bits per heavy atom. The van der Waals surface area contributed by atoms with Crippen LogP contribution in [0.1, 0.15) is 284 Å². The first-order chi connectivity index (χ1) is 38.7. The molecule has 8 unspecified atom stereocenters. The fraction of sp³-hybridized carbons (Fsp3) is 0.794. The number of aliphatic hydroxyl groups excluding tert-OH is 5. The molecule has 1 amide bonds. The molecule has 1 aliphatic rings. The molecule has 0 spiro atoms. The second kappa shape index (κ2) is 55.6. The standard InChI is InChI=1S/C68H121NO10/c1-4-7-10-13-16-19-22-24-26-27-28-29-30-31-32-33-34-36-37-40-43-46-49-52-55-61(72)67(76)69-59(60(71)54-51-48-45-42-39-21-18-15-12-9-6-3)58-77-68-66(65(75)64(74)62(57-70)78-68)79-63(73)56-53-50-47-44-41-38-35-25-23-20-17-14-11-8-5-2/h8,11,14,17,20,23-26,35,51,54,59-62,64-66,68,70-72,74-75H,4-7,9-10,12-13,15-16,18-19,21-22,27-34,36-50,52-53,55-58H2,1-3H3,(H,69,76)/b11-8+,17-14+,23-20+,26-24+,35-25-,54-51+. The van der Waals surface area contributed by atoms with Gasteiger partial charge in [-0.3, -0.25) is 9.59 Å². The van der Waals surface area contributed by atoms with Crippen LogP contribution in [0.4, 0.5) is 0 Å². The van der Waals surface area contributed by atoms with Gasteiger partial charge in [0.2, 0.25) is 5.91 Å². The Kier molecular flexibility index (Phi) is 52.2. The van der Waals surface area contributed by atoms with Gasteiger partial charge in [0.05, 0.1) is 25.4 Å². The number of unbranched alkanes of at least 4 members (excludes halogenated alkanes) is 34. The van der Waals surface area contributed by atoms with Gasteiger partial charge in [0, 0.05) is 6.42 Å². The topological polar surface area (TPSA) is 175 Å². The maximum atomic E-state index is 13.4. The molecule has 0 bridgehead atoms. The average Bonchev–Trinajstić information content (AvgIpc) is 3.47. The van der Waals surface area contributed by atoms with Gasteiger partial charge in [-0.15, -0.1) is 0 Å². The predicted molar refractivity (Wildman–Crippen MR) is 329 cm³/mol. The monoisotopic (exact) mass is 1110 g/mol. The molecular weight excluding hydrogens is 991 g/mol. The molecule has 11 heteroatoms. The van der Waals surface area contributed by atoms with Gasteiger partial charge in [0.15, 0.2) is 12.4 Å². The first-order valence-corrected chi connectivity index (χ1v) is 32.8. The lowest BCUT2D eigenvalue weighted by molar-refractivity contribution is -0.305. The number of hydrogen-bond acceptors (Lipinski definition) is 10. The number of ether oxygens (including phenoxy) is 3. The minimum atomic E-state index is -1.63. The molecule has 1 saturated heterocycles. The second-order valence-electron chi connectivity index (χ2n) is 22.6. The zero-order chi connectivity index (χ0) is 57.5. The zero-order valence-electron chi connectivity index (χ0n) is 50.7. The number of amides is 1. The molecular formula is C68H121NO10. The molecule has 8 atom stereocenters. The van der Waals surface area contributed by atoms with Gasteiger partial charge in [-0.1, -0.05) is 280 Å². The number of allylic oxidation sites excluding steroid dienone is 11. The summed E-state index contributed by atoms with van der Waals surface area (Å²) in [4.78, 5) is 26.6. The summed E-state index contributed by atoms with van der Waals surface area (Å²) in [6.07, 6.45) is 61.0. The molecule has 11 nitrogen and oxygen atoms in total. The maximum absolute atomic E-state index is 13.4. The Bertz CT molecular complexity index is 1560. The maximum Gasteiger partial charge on any atom is 0.306 e. The van der Waals surface area contributed by atoms with E-state index in [2.05, 4.69) is 56.5 Å². The van der Waals surface area contributed by atoms with Crippen LogP contribution in [0.2, 0.25) is 0 Å². The minimum Gasteiger partial charge on any atom is -0.454 e. The molecule has 1 heterocycles. The molecule has 0 radical (unpaired) electrons. The van der Waals surface area contributed by atoms with Gasteiger partial charge in [-0.2, -0.15) is 0 Å². The number of nitrogens with one attached hydrogen (secondary N) is 1. The first kappa shape index (κ1) is 74.1. The SMILES string of the molecule is CC/C=C/C=C/C=C/C=C\CCCCCCCC(=O)OC1C(OCC(NC(=O)C(O)CCCCCCCCCCCCCCCC/C=C/CCCCCCCC)C(O)/C=C/CCCCCCCCCCC)OC(CO)C(O)C1O. The van der Waals surface area contributed by atoms with Crippen molar-refractivity contribution >= 4 is 11.9 Å². The number of esters is 1. The van der Waals surface area contributed by atoms with Gasteiger partial charge in [0.1, 0.15) is 24.4 Å². The van der Waals surface area contributed by atoms with E-state index in [-0.39, 0.29) is 19.4 Å². The molecule has 0 saturated carbocycles. The van der Waals surface area contributed by atoms with Crippen molar-refractivity contribution in [1.82, 2.24) is 5.32 Å².